The zero-order valence-corrected chi connectivity index (χ0v) is 17.6. The first-order chi connectivity index (χ1) is 12.9. The van der Waals surface area contributed by atoms with Gasteiger partial charge >= 0.3 is 0 Å². The normalized spacial score (nSPS) is 9.89. The Morgan fingerprint density at radius 2 is 1.19 bits per heavy atom. The predicted molar refractivity (Wildman–Crippen MR) is 113 cm³/mol. The summed E-state index contributed by atoms with van der Waals surface area (Å²) >= 11 is 0. The zero-order chi connectivity index (χ0) is 22.2. The summed E-state index contributed by atoms with van der Waals surface area (Å²) in [5.74, 6) is 0. The van der Waals surface area contributed by atoms with Crippen LogP contribution in [0.3, 0.4) is 0 Å². The lowest BCUT2D eigenvalue weighted by Crippen LogP contribution is -2.14. The van der Waals surface area contributed by atoms with Crippen molar-refractivity contribution < 1.29 is 25.2 Å². The van der Waals surface area contributed by atoms with Gasteiger partial charge in [0.2, 0.25) is 0 Å². The Kier molecular flexibility index (Phi) is 69.2. The van der Waals surface area contributed by atoms with E-state index in [0.29, 0.717) is 39.4 Å². The predicted octanol–water partition coefficient (Wildman–Crippen LogP) is -2.32. The van der Waals surface area contributed by atoms with Gasteiger partial charge in [-0.05, 0) is 32.9 Å². The molecule has 0 heterocycles. The molecule has 0 bridgehead atoms. The summed E-state index contributed by atoms with van der Waals surface area (Å²) in [6.45, 7) is 7.88. The summed E-state index contributed by atoms with van der Waals surface area (Å²) in [5.41, 5.74) is 25.0. The number of hydrogen-bond acceptors (Lipinski definition) is 10. The van der Waals surface area contributed by atoms with Crippen molar-refractivity contribution in [2.45, 2.75) is 45.6 Å². The Bertz CT molecular complexity index is 172. The van der Waals surface area contributed by atoms with E-state index in [0.717, 1.165) is 13.0 Å². The van der Waals surface area contributed by atoms with Crippen molar-refractivity contribution in [3.63, 3.8) is 0 Å². The van der Waals surface area contributed by atoms with Crippen LogP contribution in [-0.2, 0) is 4.74 Å². The molecular weight excluding hydrogens is 354 g/mol. The van der Waals surface area contributed by atoms with Crippen LogP contribution in [0.4, 0.5) is 0 Å². The molecule has 0 aliphatic rings. The first-order valence-corrected chi connectivity index (χ1v) is 9.52. The lowest BCUT2D eigenvalue weighted by molar-refractivity contribution is 0.0976. The lowest BCUT2D eigenvalue weighted by atomic mass is 10.3. The van der Waals surface area contributed by atoms with E-state index in [1.54, 1.807) is 6.92 Å². The molecule has 0 spiro atoms. The summed E-state index contributed by atoms with van der Waals surface area (Å²) in [6.07, 6.45) is 4.14. The molecule has 0 aliphatic heterocycles. The van der Waals surface area contributed by atoms with Crippen LogP contribution < -0.4 is 28.7 Å². The molecule has 0 aromatic heterocycles. The van der Waals surface area contributed by atoms with Crippen molar-refractivity contribution in [2.24, 2.45) is 28.7 Å². The smallest absolute Gasteiger partial charge is 0.0698 e. The van der Waals surface area contributed by atoms with Crippen molar-refractivity contribution in [2.75, 3.05) is 65.8 Å². The molecule has 10 nitrogen and oxygen atoms in total. The number of rotatable bonds is 11. The molecule has 0 amide bonds. The van der Waals surface area contributed by atoms with E-state index in [4.69, 9.17) is 53.8 Å². The number of nitrogens with two attached hydrogens (primary N) is 5. The average molecular weight is 404 g/mol. The van der Waals surface area contributed by atoms with E-state index in [2.05, 4.69) is 6.92 Å². The summed E-state index contributed by atoms with van der Waals surface area (Å²) in [5, 5.41) is 32.1. The monoisotopic (exact) mass is 403 g/mol. The van der Waals surface area contributed by atoms with Crippen molar-refractivity contribution in [1.82, 2.24) is 0 Å². The Balaban J connectivity index is -0.0000000757. The summed E-state index contributed by atoms with van der Waals surface area (Å²) < 4.78 is 4.76. The molecule has 14 N–H and O–H groups in total. The summed E-state index contributed by atoms with van der Waals surface area (Å²) in [7, 11) is 0. The van der Waals surface area contributed by atoms with Crippen LogP contribution in [0.1, 0.15) is 39.5 Å². The molecule has 0 radical (unpaired) electrons. The largest absolute Gasteiger partial charge is 0.396 e. The van der Waals surface area contributed by atoms with Gasteiger partial charge in [0.05, 0.1) is 32.5 Å². The van der Waals surface area contributed by atoms with Gasteiger partial charge in [0.25, 0.3) is 0 Å². The maximum absolute atomic E-state index is 8.24. The molecule has 172 valence electrons. The second kappa shape index (κ2) is 50.0. The Labute approximate surface area is 166 Å². The van der Waals surface area contributed by atoms with Crippen molar-refractivity contribution in [3.8, 4) is 0 Å². The van der Waals surface area contributed by atoms with Crippen LogP contribution in [0.25, 0.3) is 0 Å². The highest BCUT2D eigenvalue weighted by atomic mass is 16.5. The Morgan fingerprint density at radius 3 is 1.33 bits per heavy atom. The third-order valence-electron chi connectivity index (χ3n) is 2.14. The molecule has 1 unspecified atom stereocenters. The van der Waals surface area contributed by atoms with E-state index in [1.807, 2.05) is 0 Å². The average Bonchev–Trinajstić information content (AvgIpc) is 2.69. The quantitative estimate of drug-likeness (QED) is 0.167. The molecule has 0 aliphatic carbocycles. The van der Waals surface area contributed by atoms with E-state index in [1.165, 1.54) is 19.3 Å². The lowest BCUT2D eigenvalue weighted by Gasteiger charge is -1.95. The maximum Gasteiger partial charge on any atom is 0.0698 e. The van der Waals surface area contributed by atoms with Gasteiger partial charge in [-0.25, -0.2) is 0 Å². The third kappa shape index (κ3) is 106. The first-order valence-electron chi connectivity index (χ1n) is 9.52. The van der Waals surface area contributed by atoms with Gasteiger partial charge in [0.1, 0.15) is 0 Å². The third-order valence-corrected chi connectivity index (χ3v) is 2.14. The van der Waals surface area contributed by atoms with E-state index < -0.39 is 0 Å². The number of unbranched alkanes of at least 4 members (excludes halogenated alkanes) is 2. The van der Waals surface area contributed by atoms with Gasteiger partial charge in [-0.1, -0.05) is 19.8 Å². The SMILES string of the molecule is CC(O)CN.CCCCCN.NCCCO.NCCO.NCCOCCO. The first kappa shape index (κ1) is 37.4. The minimum atomic E-state index is -0.338. The van der Waals surface area contributed by atoms with E-state index >= 15 is 0 Å². The molecule has 0 aromatic rings. The fourth-order valence-electron chi connectivity index (χ4n) is 0.736. The molecule has 0 fully saturated rings. The molecule has 1 atom stereocenters. The van der Waals surface area contributed by atoms with Crippen molar-refractivity contribution >= 4 is 0 Å². The van der Waals surface area contributed by atoms with Crippen LogP contribution in [0.15, 0.2) is 0 Å². The summed E-state index contributed by atoms with van der Waals surface area (Å²) in [6, 6.07) is 0. The van der Waals surface area contributed by atoms with Crippen LogP contribution in [-0.4, -0.2) is 92.3 Å². The number of aliphatic hydroxyl groups excluding tert-OH is 4. The van der Waals surface area contributed by atoms with Crippen LogP contribution >= 0.6 is 0 Å². The highest BCUT2D eigenvalue weighted by Crippen LogP contribution is 1.88. The topological polar surface area (TPSA) is 220 Å². The fraction of sp³-hybridized carbons (Fsp3) is 1.00. The standard InChI is InChI=1S/C5H13N.C4H11NO2.2C3H9NO.C2H7NO/c1-2-3-4-5-6;5-1-3-7-4-2-6;1-3(5)2-4;4-2-1-3-5;3-1-2-4/h2-6H2,1H3;6H,1-5H2;3,5H,2,4H2,1H3;5H,1-4H2;4H,1-3H2. The molecule has 0 saturated heterocycles. The summed E-state index contributed by atoms with van der Waals surface area (Å²) in [4.78, 5) is 0. The molecular formula is C17H49N5O5. The molecule has 0 rings (SSSR count). The Hall–Kier alpha value is -0.400. The van der Waals surface area contributed by atoms with Crippen molar-refractivity contribution in [3.05, 3.63) is 0 Å². The zero-order valence-electron chi connectivity index (χ0n) is 17.6. The number of aliphatic hydroxyl groups is 4. The van der Waals surface area contributed by atoms with Gasteiger partial charge in [-0.3, -0.25) is 0 Å². The van der Waals surface area contributed by atoms with Gasteiger partial charge in [-0.2, -0.15) is 0 Å². The van der Waals surface area contributed by atoms with Crippen molar-refractivity contribution in [1.29, 1.82) is 0 Å². The van der Waals surface area contributed by atoms with Crippen LogP contribution in [0.2, 0.25) is 0 Å². The molecule has 0 saturated carbocycles. The van der Waals surface area contributed by atoms with Gasteiger partial charge in [0.15, 0.2) is 0 Å². The highest BCUT2D eigenvalue weighted by molar-refractivity contribution is 4.40. The minimum Gasteiger partial charge on any atom is -0.396 e. The van der Waals surface area contributed by atoms with E-state index in [-0.39, 0.29) is 25.9 Å². The minimum absolute atomic E-state index is 0.0833. The van der Waals surface area contributed by atoms with Crippen LogP contribution in [0.5, 0.6) is 0 Å². The van der Waals surface area contributed by atoms with Gasteiger partial charge in [-0.15, -0.1) is 0 Å². The fourth-order valence-corrected chi connectivity index (χ4v) is 0.736. The second-order valence-corrected chi connectivity index (χ2v) is 5.08. The highest BCUT2D eigenvalue weighted by Gasteiger charge is 1.82. The molecule has 10 heteroatoms. The molecule has 0 aromatic carbocycles. The second-order valence-electron chi connectivity index (χ2n) is 5.08. The van der Waals surface area contributed by atoms with Gasteiger partial charge < -0.3 is 53.8 Å². The molecule has 27 heavy (non-hydrogen) atoms. The number of ether oxygens (including phenoxy) is 1. The number of hydrogen-bond donors (Lipinski definition) is 9. The maximum atomic E-state index is 8.24. The Morgan fingerprint density at radius 1 is 0.704 bits per heavy atom. The van der Waals surface area contributed by atoms with E-state index in [9.17, 15) is 0 Å². The van der Waals surface area contributed by atoms with Gasteiger partial charge in [0, 0.05) is 26.2 Å². The van der Waals surface area contributed by atoms with Crippen LogP contribution in [0, 0.1) is 0 Å².